The zero-order chi connectivity index (χ0) is 18.7. The average molecular weight is 345 g/mol. The second-order valence-electron chi connectivity index (χ2n) is 6.15. The third kappa shape index (κ3) is 3.62. The van der Waals surface area contributed by atoms with E-state index in [-0.39, 0.29) is 5.78 Å². The first-order valence-corrected chi connectivity index (χ1v) is 8.25. The third-order valence-corrected chi connectivity index (χ3v) is 4.05. The number of benzene rings is 1. The molecule has 2 aromatic heterocycles. The maximum atomic E-state index is 11.8. The molecule has 0 bridgehead atoms. The Morgan fingerprint density at radius 1 is 1.23 bits per heavy atom. The Bertz CT molecular complexity index is 996. The van der Waals surface area contributed by atoms with Crippen LogP contribution in [0.25, 0.3) is 5.82 Å². The Morgan fingerprint density at radius 3 is 2.62 bits per heavy atom. The molecule has 0 amide bonds. The zero-order valence-corrected chi connectivity index (χ0v) is 14.9. The number of anilines is 1. The molecule has 0 fully saturated rings. The predicted molar refractivity (Wildman–Crippen MR) is 99.3 cm³/mol. The van der Waals surface area contributed by atoms with Gasteiger partial charge in [0.1, 0.15) is 0 Å². The van der Waals surface area contributed by atoms with Crippen LogP contribution in [-0.4, -0.2) is 20.5 Å². The van der Waals surface area contributed by atoms with Gasteiger partial charge in [0.25, 0.3) is 0 Å². The molecule has 0 aliphatic heterocycles. The number of carbonyl (C=O) groups excluding carboxylic acids is 1. The van der Waals surface area contributed by atoms with E-state index in [0.717, 1.165) is 22.8 Å². The van der Waals surface area contributed by atoms with Gasteiger partial charge in [0.15, 0.2) is 11.6 Å². The summed E-state index contributed by atoms with van der Waals surface area (Å²) in [7, 11) is 0. The van der Waals surface area contributed by atoms with Gasteiger partial charge in [-0.15, -0.1) is 0 Å². The number of ketones is 1. The quantitative estimate of drug-likeness (QED) is 0.715. The molecule has 6 heteroatoms. The summed E-state index contributed by atoms with van der Waals surface area (Å²) < 4.78 is 1.80. The normalized spacial score (nSPS) is 10.4. The van der Waals surface area contributed by atoms with Crippen LogP contribution in [0.5, 0.6) is 0 Å². The molecule has 26 heavy (non-hydrogen) atoms. The molecule has 3 aromatic rings. The molecule has 0 aliphatic rings. The number of nitrogens with zero attached hydrogens (tertiary/aromatic N) is 4. The van der Waals surface area contributed by atoms with Crippen LogP contribution in [0.4, 0.5) is 5.69 Å². The summed E-state index contributed by atoms with van der Waals surface area (Å²) >= 11 is 0. The lowest BCUT2D eigenvalue weighted by molar-refractivity contribution is 0.101. The van der Waals surface area contributed by atoms with Crippen LogP contribution in [0.3, 0.4) is 0 Å². The minimum Gasteiger partial charge on any atom is -0.380 e. The molecule has 0 radical (unpaired) electrons. The van der Waals surface area contributed by atoms with Gasteiger partial charge in [-0.3, -0.25) is 4.79 Å². The summed E-state index contributed by atoms with van der Waals surface area (Å²) in [5, 5.41) is 16.7. The molecule has 130 valence electrons. The fourth-order valence-corrected chi connectivity index (χ4v) is 2.77. The predicted octanol–water partition coefficient (Wildman–Crippen LogP) is 3.57. The molecule has 0 saturated heterocycles. The van der Waals surface area contributed by atoms with Crippen LogP contribution in [0.2, 0.25) is 0 Å². The van der Waals surface area contributed by atoms with E-state index in [2.05, 4.69) is 21.5 Å². The number of Topliss-reactive ketones (excluding diaryl/α,β-unsaturated/α-hetero) is 1. The maximum Gasteiger partial charge on any atom is 0.161 e. The van der Waals surface area contributed by atoms with Crippen molar-refractivity contribution >= 4 is 11.5 Å². The summed E-state index contributed by atoms with van der Waals surface area (Å²) in [6, 6.07) is 13.0. The van der Waals surface area contributed by atoms with Crippen LogP contribution in [0.15, 0.2) is 42.6 Å². The lowest BCUT2D eigenvalue weighted by Crippen LogP contribution is -2.07. The number of carbonyl (C=O) groups is 1. The number of aryl methyl sites for hydroxylation is 2. The van der Waals surface area contributed by atoms with E-state index >= 15 is 0 Å². The second-order valence-corrected chi connectivity index (χ2v) is 6.15. The number of aromatic nitrogens is 3. The smallest absolute Gasteiger partial charge is 0.161 e. The maximum absolute atomic E-state index is 11.8. The Hall–Kier alpha value is -3.46. The van der Waals surface area contributed by atoms with Gasteiger partial charge in [-0.25, -0.2) is 9.67 Å². The molecule has 6 nitrogen and oxygen atoms in total. The number of nitrogens with one attached hydrogen (secondary N) is 1. The highest BCUT2D eigenvalue weighted by Gasteiger charge is 2.09. The molecular weight excluding hydrogens is 326 g/mol. The van der Waals surface area contributed by atoms with Crippen molar-refractivity contribution in [3.8, 4) is 11.9 Å². The van der Waals surface area contributed by atoms with E-state index in [4.69, 9.17) is 5.26 Å². The number of hydrogen-bond acceptors (Lipinski definition) is 5. The van der Waals surface area contributed by atoms with Gasteiger partial charge in [-0.05, 0) is 56.7 Å². The van der Waals surface area contributed by atoms with Crippen molar-refractivity contribution in [3.63, 3.8) is 0 Å². The average Bonchev–Trinajstić information content (AvgIpc) is 2.98. The molecule has 2 heterocycles. The van der Waals surface area contributed by atoms with E-state index < -0.39 is 0 Å². The first kappa shape index (κ1) is 17.4. The molecule has 1 aromatic carbocycles. The Morgan fingerprint density at radius 2 is 2.04 bits per heavy atom. The topological polar surface area (TPSA) is 83.6 Å². The van der Waals surface area contributed by atoms with E-state index in [9.17, 15) is 4.79 Å². The molecule has 0 atom stereocenters. The van der Waals surface area contributed by atoms with Gasteiger partial charge in [-0.2, -0.15) is 10.4 Å². The monoisotopic (exact) mass is 345 g/mol. The van der Waals surface area contributed by atoms with Gasteiger partial charge in [0.05, 0.1) is 17.3 Å². The summed E-state index contributed by atoms with van der Waals surface area (Å²) in [5.41, 5.74) is 4.67. The first-order chi connectivity index (χ1) is 12.5. The summed E-state index contributed by atoms with van der Waals surface area (Å²) in [4.78, 5) is 16.2. The van der Waals surface area contributed by atoms with Gasteiger partial charge < -0.3 is 5.32 Å². The van der Waals surface area contributed by atoms with Crippen molar-refractivity contribution in [3.05, 3.63) is 70.7 Å². The van der Waals surface area contributed by atoms with Gasteiger partial charge in [-0.1, -0.05) is 6.07 Å². The fourth-order valence-electron chi connectivity index (χ4n) is 2.77. The third-order valence-electron chi connectivity index (χ3n) is 4.05. The van der Waals surface area contributed by atoms with E-state index in [1.807, 2.05) is 32.0 Å². The lowest BCUT2D eigenvalue weighted by Gasteiger charge is -2.11. The van der Waals surface area contributed by atoms with Crippen molar-refractivity contribution in [2.24, 2.45) is 0 Å². The van der Waals surface area contributed by atoms with Gasteiger partial charge in [0, 0.05) is 29.7 Å². The minimum absolute atomic E-state index is 0.0463. The molecule has 1 N–H and O–H groups in total. The van der Waals surface area contributed by atoms with Crippen LogP contribution < -0.4 is 5.32 Å². The molecular formula is C20H19N5O. The molecule has 0 aliphatic carbocycles. The highest BCUT2D eigenvalue weighted by Crippen LogP contribution is 2.19. The first-order valence-electron chi connectivity index (χ1n) is 8.25. The molecule has 0 unspecified atom stereocenters. The highest BCUT2D eigenvalue weighted by atomic mass is 16.1. The minimum atomic E-state index is -0.0463. The van der Waals surface area contributed by atoms with Crippen LogP contribution in [-0.2, 0) is 6.54 Å². The summed E-state index contributed by atoms with van der Waals surface area (Å²) in [6.07, 6.45) is 1.78. The number of nitriles is 1. The highest BCUT2D eigenvalue weighted by molar-refractivity contribution is 5.99. The van der Waals surface area contributed by atoms with Crippen LogP contribution >= 0.6 is 0 Å². The number of pyridine rings is 1. The number of hydrogen-bond donors (Lipinski definition) is 1. The van der Waals surface area contributed by atoms with Crippen molar-refractivity contribution in [1.29, 1.82) is 5.26 Å². The Kier molecular flexibility index (Phi) is 4.81. The zero-order valence-electron chi connectivity index (χ0n) is 14.9. The SMILES string of the molecule is CC(=O)c1ccc(C#N)cc1NCc1ccc(-n2nc(C)cc2C)nc1. The van der Waals surface area contributed by atoms with Crippen molar-refractivity contribution in [2.75, 3.05) is 5.32 Å². The largest absolute Gasteiger partial charge is 0.380 e. The number of rotatable bonds is 5. The summed E-state index contributed by atoms with van der Waals surface area (Å²) in [5.74, 6) is 0.713. The molecule has 0 spiro atoms. The summed E-state index contributed by atoms with van der Waals surface area (Å²) in [6.45, 7) is 5.95. The van der Waals surface area contributed by atoms with E-state index in [1.54, 1.807) is 29.1 Å². The fraction of sp³-hybridized carbons (Fsp3) is 0.200. The molecule has 0 saturated carbocycles. The lowest BCUT2D eigenvalue weighted by atomic mass is 10.1. The van der Waals surface area contributed by atoms with E-state index in [0.29, 0.717) is 23.4 Å². The van der Waals surface area contributed by atoms with Crippen LogP contribution in [0, 0.1) is 25.2 Å². The van der Waals surface area contributed by atoms with Gasteiger partial charge in [0.2, 0.25) is 0 Å². The molecule has 3 rings (SSSR count). The standard InChI is InChI=1S/C20H19N5O/c1-13-8-14(2)25(24-13)20-7-5-17(12-23-20)11-22-19-9-16(10-21)4-6-18(19)15(3)26/h4-9,12,22H,11H2,1-3H3. The van der Waals surface area contributed by atoms with Crippen LogP contribution in [0.1, 0.15) is 39.8 Å². The van der Waals surface area contributed by atoms with Crippen molar-refractivity contribution in [1.82, 2.24) is 14.8 Å². The Balaban J connectivity index is 1.78. The van der Waals surface area contributed by atoms with Gasteiger partial charge >= 0.3 is 0 Å². The van der Waals surface area contributed by atoms with Crippen molar-refractivity contribution in [2.45, 2.75) is 27.3 Å². The van der Waals surface area contributed by atoms with E-state index in [1.165, 1.54) is 6.92 Å². The van der Waals surface area contributed by atoms with Crippen molar-refractivity contribution < 1.29 is 4.79 Å². The second kappa shape index (κ2) is 7.19. The Labute approximate surface area is 152 Å².